The highest BCUT2D eigenvalue weighted by Crippen LogP contribution is 2.58. The molecule has 0 aliphatic heterocycles. The largest absolute Gasteiger partial charge is 0.481 e. The van der Waals surface area contributed by atoms with Crippen LogP contribution in [-0.4, -0.2) is 40.4 Å². The molecule has 0 spiro atoms. The van der Waals surface area contributed by atoms with E-state index in [1.54, 1.807) is 0 Å². The van der Waals surface area contributed by atoms with Crippen molar-refractivity contribution in [3.63, 3.8) is 0 Å². The molecule has 1 rings (SSSR count). The van der Waals surface area contributed by atoms with E-state index in [1.807, 2.05) is 0 Å². The number of hydrogen-bond donors (Lipinski definition) is 3. The maximum Gasteiger partial charge on any atom is 0.311 e. The van der Waals surface area contributed by atoms with Gasteiger partial charge in [-0.05, 0) is 18.8 Å². The fourth-order valence-corrected chi connectivity index (χ4v) is 4.20. The van der Waals surface area contributed by atoms with Crippen molar-refractivity contribution >= 4 is 22.1 Å². The molecule has 3 N–H and O–H groups in total. The molecule has 1 fully saturated rings. The van der Waals surface area contributed by atoms with E-state index >= 15 is 0 Å². The summed E-state index contributed by atoms with van der Waals surface area (Å²) < 4.78 is 31.8. The van der Waals surface area contributed by atoms with E-state index in [2.05, 4.69) is 0 Å². The van der Waals surface area contributed by atoms with E-state index in [1.165, 1.54) is 13.8 Å². The predicted molar refractivity (Wildman–Crippen MR) is 60.6 cm³/mol. The zero-order valence-corrected chi connectivity index (χ0v) is 11.1. The molecule has 7 nitrogen and oxygen atoms in total. The second kappa shape index (κ2) is 3.92. The minimum atomic E-state index is -4.64. The first kappa shape index (κ1) is 14.9. The van der Waals surface area contributed by atoms with Gasteiger partial charge >= 0.3 is 11.9 Å². The van der Waals surface area contributed by atoms with Crippen molar-refractivity contribution in [2.45, 2.75) is 32.4 Å². The van der Waals surface area contributed by atoms with Gasteiger partial charge in [0.15, 0.2) is 0 Å². The van der Waals surface area contributed by atoms with Crippen molar-refractivity contribution in [1.82, 2.24) is 0 Å². The number of carboxylic acid groups (broad SMARTS) is 2. The van der Waals surface area contributed by atoms with E-state index in [4.69, 9.17) is 9.66 Å². The molecule has 0 radical (unpaired) electrons. The van der Waals surface area contributed by atoms with Gasteiger partial charge in [0.05, 0.1) is 11.3 Å². The lowest BCUT2D eigenvalue weighted by Crippen LogP contribution is -2.49. The van der Waals surface area contributed by atoms with Crippen LogP contribution >= 0.6 is 0 Å². The van der Waals surface area contributed by atoms with Gasteiger partial charge < -0.3 is 10.2 Å². The molecule has 0 bridgehead atoms. The third kappa shape index (κ3) is 1.79. The highest BCUT2D eigenvalue weighted by molar-refractivity contribution is 7.86. The van der Waals surface area contributed by atoms with Crippen LogP contribution in [0.2, 0.25) is 0 Å². The van der Waals surface area contributed by atoms with E-state index in [0.29, 0.717) is 0 Å². The van der Waals surface area contributed by atoms with Crippen LogP contribution in [0.5, 0.6) is 0 Å². The smallest absolute Gasteiger partial charge is 0.311 e. The third-order valence-corrected chi connectivity index (χ3v) is 5.79. The summed E-state index contributed by atoms with van der Waals surface area (Å²) in [5.74, 6) is -3.84. The van der Waals surface area contributed by atoms with Crippen molar-refractivity contribution < 1.29 is 32.8 Å². The normalized spacial score (nSPS) is 35.3. The molecule has 3 unspecified atom stereocenters. The molecule has 0 aromatic heterocycles. The fraction of sp³-hybridized carbons (Fsp3) is 0.800. The fourth-order valence-electron chi connectivity index (χ4n) is 2.76. The first-order valence-corrected chi connectivity index (χ1v) is 6.79. The van der Waals surface area contributed by atoms with Gasteiger partial charge in [0.25, 0.3) is 10.1 Å². The van der Waals surface area contributed by atoms with Gasteiger partial charge in [-0.25, -0.2) is 0 Å². The van der Waals surface area contributed by atoms with Gasteiger partial charge in [-0.1, -0.05) is 13.8 Å². The van der Waals surface area contributed by atoms with Gasteiger partial charge in [-0.2, -0.15) is 8.42 Å². The van der Waals surface area contributed by atoms with Gasteiger partial charge in [0.1, 0.15) is 5.25 Å². The Hall–Kier alpha value is -1.15. The van der Waals surface area contributed by atoms with Gasteiger partial charge in [0.2, 0.25) is 0 Å². The molecule has 3 atom stereocenters. The number of rotatable bonds is 3. The number of carbonyl (C=O) groups is 2. The Labute approximate surface area is 105 Å². The minimum Gasteiger partial charge on any atom is -0.481 e. The number of aliphatic carboxylic acids is 2. The van der Waals surface area contributed by atoms with Crippen LogP contribution in [0.3, 0.4) is 0 Å². The second-order valence-corrected chi connectivity index (χ2v) is 6.96. The molecule has 1 aliphatic carbocycles. The summed E-state index contributed by atoms with van der Waals surface area (Å²) in [6.07, 6.45) is -0.413. The summed E-state index contributed by atoms with van der Waals surface area (Å²) in [5.41, 5.74) is -3.16. The first-order chi connectivity index (χ1) is 7.86. The first-order valence-electron chi connectivity index (χ1n) is 5.29. The molecule has 0 amide bonds. The van der Waals surface area contributed by atoms with Gasteiger partial charge in [-0.3, -0.25) is 14.1 Å². The summed E-state index contributed by atoms with van der Waals surface area (Å²) in [6.45, 7) is 3.95. The highest BCUT2D eigenvalue weighted by atomic mass is 32.2. The predicted octanol–water partition coefficient (Wildman–Crippen LogP) is 0.464. The maximum absolute atomic E-state index is 11.4. The highest BCUT2D eigenvalue weighted by Gasteiger charge is 2.67. The van der Waals surface area contributed by atoms with E-state index in [0.717, 1.165) is 6.92 Å². The lowest BCUT2D eigenvalue weighted by Gasteiger charge is -2.38. The molecule has 1 aliphatic rings. The Morgan fingerprint density at radius 2 is 1.61 bits per heavy atom. The monoisotopic (exact) mass is 280 g/mol. The lowest BCUT2D eigenvalue weighted by molar-refractivity contribution is -0.157. The molecular formula is C10H16O7S. The average molecular weight is 280 g/mol. The van der Waals surface area contributed by atoms with Crippen LogP contribution in [0.25, 0.3) is 0 Å². The van der Waals surface area contributed by atoms with Crippen molar-refractivity contribution in [2.75, 3.05) is 0 Å². The second-order valence-electron chi connectivity index (χ2n) is 5.36. The average Bonchev–Trinajstić information content (AvgIpc) is 2.35. The molecule has 1 saturated carbocycles. The molecule has 104 valence electrons. The third-order valence-electron chi connectivity index (χ3n) is 4.41. The zero-order valence-electron chi connectivity index (χ0n) is 10.2. The molecule has 18 heavy (non-hydrogen) atoms. The quantitative estimate of drug-likeness (QED) is 0.640. The van der Waals surface area contributed by atoms with Crippen LogP contribution in [0.15, 0.2) is 0 Å². The van der Waals surface area contributed by atoms with Gasteiger partial charge in [0, 0.05) is 0 Å². The van der Waals surface area contributed by atoms with Crippen LogP contribution < -0.4 is 0 Å². The minimum absolute atomic E-state index is 0.413. The van der Waals surface area contributed by atoms with E-state index < -0.39 is 50.5 Å². The Balaban J connectivity index is 3.50. The van der Waals surface area contributed by atoms with Crippen LogP contribution in [0.4, 0.5) is 0 Å². The SMILES string of the molecule is CC1(C)C(C(=O)O)CC(S(=O)(=O)O)C1(C)C(=O)O. The maximum atomic E-state index is 11.4. The molecule has 0 aromatic rings. The van der Waals surface area contributed by atoms with E-state index in [-0.39, 0.29) is 0 Å². The van der Waals surface area contributed by atoms with Crippen molar-refractivity contribution in [3.05, 3.63) is 0 Å². The van der Waals surface area contributed by atoms with Crippen molar-refractivity contribution in [1.29, 1.82) is 0 Å². The van der Waals surface area contributed by atoms with E-state index in [9.17, 15) is 23.1 Å². The molecular weight excluding hydrogens is 264 g/mol. The van der Waals surface area contributed by atoms with Crippen molar-refractivity contribution in [3.8, 4) is 0 Å². The molecule has 0 heterocycles. The van der Waals surface area contributed by atoms with Gasteiger partial charge in [-0.15, -0.1) is 0 Å². The summed E-state index contributed by atoms with van der Waals surface area (Å²) in [4.78, 5) is 22.5. The summed E-state index contributed by atoms with van der Waals surface area (Å²) in [6, 6.07) is 0. The number of carboxylic acids is 2. The number of hydrogen-bond acceptors (Lipinski definition) is 4. The van der Waals surface area contributed by atoms with Crippen molar-refractivity contribution in [2.24, 2.45) is 16.7 Å². The molecule has 0 aromatic carbocycles. The Morgan fingerprint density at radius 3 is 1.83 bits per heavy atom. The topological polar surface area (TPSA) is 129 Å². The lowest BCUT2D eigenvalue weighted by atomic mass is 9.65. The Kier molecular flexibility index (Phi) is 3.25. The molecule has 0 saturated heterocycles. The van der Waals surface area contributed by atoms with Crippen LogP contribution in [0, 0.1) is 16.7 Å². The summed E-state index contributed by atoms with van der Waals surface area (Å²) in [5, 5.41) is 16.7. The molecule has 8 heteroatoms. The summed E-state index contributed by atoms with van der Waals surface area (Å²) in [7, 11) is -4.64. The Morgan fingerprint density at radius 1 is 1.17 bits per heavy atom. The summed E-state index contributed by atoms with van der Waals surface area (Å²) >= 11 is 0. The zero-order chi connectivity index (χ0) is 14.5. The standard InChI is InChI=1S/C10H16O7S/c1-9(2)5(7(11)12)4-6(18(15,16)17)10(9,3)8(13)14/h5-6H,4H2,1-3H3,(H,11,12)(H,13,14)(H,15,16,17). The Bertz CT molecular complexity index is 492. The van der Waals surface area contributed by atoms with Crippen LogP contribution in [0.1, 0.15) is 27.2 Å². The van der Waals surface area contributed by atoms with Crippen LogP contribution in [-0.2, 0) is 19.7 Å².